The second-order valence-electron chi connectivity index (χ2n) is 5.49. The fourth-order valence-corrected chi connectivity index (χ4v) is 2.82. The molecule has 1 aliphatic rings. The van der Waals surface area contributed by atoms with Crippen LogP contribution in [-0.2, 0) is 11.2 Å². The summed E-state index contributed by atoms with van der Waals surface area (Å²) in [6.45, 7) is 3.54. The van der Waals surface area contributed by atoms with E-state index >= 15 is 0 Å². The average molecular weight is 285 g/mol. The van der Waals surface area contributed by atoms with Gasteiger partial charge in [0, 0.05) is 12.6 Å². The molecule has 0 saturated carbocycles. The van der Waals surface area contributed by atoms with Crippen LogP contribution < -0.4 is 5.32 Å². The topological polar surface area (TPSA) is 21.3 Å². The fraction of sp³-hybridized carbons (Fsp3) is 0.333. The lowest BCUT2D eigenvalue weighted by Crippen LogP contribution is -2.29. The first kappa shape index (κ1) is 14.2. The van der Waals surface area contributed by atoms with Crippen LogP contribution in [0.15, 0.2) is 48.5 Å². The summed E-state index contributed by atoms with van der Waals surface area (Å²) in [6.07, 6.45) is 1.05. The van der Waals surface area contributed by atoms with Crippen molar-refractivity contribution in [3.63, 3.8) is 0 Å². The van der Waals surface area contributed by atoms with E-state index in [-0.39, 0.29) is 18.0 Å². The summed E-state index contributed by atoms with van der Waals surface area (Å²) in [4.78, 5) is 0. The van der Waals surface area contributed by atoms with Crippen LogP contribution in [0.3, 0.4) is 0 Å². The number of benzene rings is 2. The van der Waals surface area contributed by atoms with Crippen molar-refractivity contribution in [2.45, 2.75) is 25.5 Å². The highest BCUT2D eigenvalue weighted by molar-refractivity contribution is 5.31. The molecule has 3 heteroatoms. The molecule has 21 heavy (non-hydrogen) atoms. The zero-order valence-electron chi connectivity index (χ0n) is 12.2. The Morgan fingerprint density at radius 2 is 2.10 bits per heavy atom. The van der Waals surface area contributed by atoms with Crippen LogP contribution in [0.4, 0.5) is 4.39 Å². The highest BCUT2D eigenvalue weighted by atomic mass is 19.1. The largest absolute Gasteiger partial charge is 0.372 e. The van der Waals surface area contributed by atoms with Crippen molar-refractivity contribution in [2.24, 2.45) is 0 Å². The number of fused-ring (bicyclic) bond motifs is 1. The summed E-state index contributed by atoms with van der Waals surface area (Å²) in [7, 11) is 0. The maximum absolute atomic E-state index is 13.3. The number of nitrogens with one attached hydrogen (secondary N) is 1. The minimum Gasteiger partial charge on any atom is -0.372 e. The van der Waals surface area contributed by atoms with Crippen molar-refractivity contribution in [1.29, 1.82) is 0 Å². The van der Waals surface area contributed by atoms with Gasteiger partial charge in [-0.25, -0.2) is 4.39 Å². The van der Waals surface area contributed by atoms with Crippen molar-refractivity contribution >= 4 is 0 Å². The van der Waals surface area contributed by atoms with E-state index in [0.29, 0.717) is 0 Å². The quantitative estimate of drug-likeness (QED) is 0.923. The van der Waals surface area contributed by atoms with E-state index in [1.807, 2.05) is 13.0 Å². The molecule has 2 aromatic rings. The van der Waals surface area contributed by atoms with Crippen molar-refractivity contribution < 1.29 is 9.13 Å². The molecule has 0 spiro atoms. The van der Waals surface area contributed by atoms with E-state index in [9.17, 15) is 4.39 Å². The maximum atomic E-state index is 13.3. The highest BCUT2D eigenvalue weighted by Gasteiger charge is 2.20. The van der Waals surface area contributed by atoms with Crippen LogP contribution in [0.2, 0.25) is 0 Å². The number of rotatable bonds is 4. The first-order valence-electron chi connectivity index (χ1n) is 7.42. The molecule has 1 unspecified atom stereocenters. The van der Waals surface area contributed by atoms with E-state index in [4.69, 9.17) is 4.74 Å². The number of hydrogen-bond acceptors (Lipinski definition) is 2. The zero-order chi connectivity index (χ0) is 14.7. The van der Waals surface area contributed by atoms with Crippen molar-refractivity contribution in [2.75, 3.05) is 13.2 Å². The molecule has 1 N–H and O–H groups in total. The molecule has 0 radical (unpaired) electrons. The molecule has 0 saturated heterocycles. The lowest BCUT2D eigenvalue weighted by molar-refractivity contribution is 0.0409. The van der Waals surface area contributed by atoms with Gasteiger partial charge in [-0.2, -0.15) is 0 Å². The summed E-state index contributed by atoms with van der Waals surface area (Å²) in [6, 6.07) is 15.3. The van der Waals surface area contributed by atoms with Crippen LogP contribution >= 0.6 is 0 Å². The van der Waals surface area contributed by atoms with Gasteiger partial charge in [-0.1, -0.05) is 36.4 Å². The van der Waals surface area contributed by atoms with E-state index in [1.54, 1.807) is 12.1 Å². The van der Waals surface area contributed by atoms with E-state index in [0.717, 1.165) is 25.1 Å². The Balaban J connectivity index is 1.66. The molecular weight excluding hydrogens is 265 g/mol. The molecule has 3 rings (SSSR count). The Bertz CT molecular complexity index is 614. The molecule has 0 aromatic heterocycles. The highest BCUT2D eigenvalue weighted by Crippen LogP contribution is 2.27. The van der Waals surface area contributed by atoms with Gasteiger partial charge in [0.15, 0.2) is 0 Å². The summed E-state index contributed by atoms with van der Waals surface area (Å²) < 4.78 is 19.1. The Labute approximate surface area is 125 Å². The van der Waals surface area contributed by atoms with Gasteiger partial charge in [0.25, 0.3) is 0 Å². The average Bonchev–Trinajstić information content (AvgIpc) is 2.52. The Morgan fingerprint density at radius 1 is 1.24 bits per heavy atom. The molecule has 1 heterocycles. The molecular formula is C18H20FNO. The molecule has 2 atom stereocenters. The van der Waals surface area contributed by atoms with Crippen molar-refractivity contribution in [1.82, 2.24) is 5.32 Å². The predicted molar refractivity (Wildman–Crippen MR) is 81.7 cm³/mol. The Hall–Kier alpha value is -1.71. The molecule has 0 bridgehead atoms. The van der Waals surface area contributed by atoms with Gasteiger partial charge in [-0.3, -0.25) is 0 Å². The smallest absolute Gasteiger partial charge is 0.123 e. The van der Waals surface area contributed by atoms with Crippen LogP contribution in [0.5, 0.6) is 0 Å². The molecule has 2 nitrogen and oxygen atoms in total. The van der Waals surface area contributed by atoms with Gasteiger partial charge in [0.05, 0.1) is 12.7 Å². The fourth-order valence-electron chi connectivity index (χ4n) is 2.82. The first-order valence-corrected chi connectivity index (χ1v) is 7.42. The van der Waals surface area contributed by atoms with Crippen LogP contribution in [0.1, 0.15) is 35.8 Å². The number of ether oxygens (including phenoxy) is 1. The standard InChI is InChI=1S/C18H20FNO/c1-13(15-6-4-7-16(19)11-15)20-12-18-17-8-3-2-5-14(17)9-10-21-18/h2-8,11,13,18,20H,9-10,12H2,1H3/t13-,18?/m1/s1. The molecule has 0 aliphatic carbocycles. The van der Waals surface area contributed by atoms with E-state index in [2.05, 4.69) is 29.6 Å². The van der Waals surface area contributed by atoms with Gasteiger partial charge in [-0.15, -0.1) is 0 Å². The third kappa shape index (κ3) is 3.31. The zero-order valence-corrected chi connectivity index (χ0v) is 12.2. The minimum absolute atomic E-state index is 0.0750. The van der Waals surface area contributed by atoms with E-state index in [1.165, 1.54) is 17.2 Å². The summed E-state index contributed by atoms with van der Waals surface area (Å²) in [5, 5.41) is 3.45. The van der Waals surface area contributed by atoms with Crippen LogP contribution in [0.25, 0.3) is 0 Å². The lowest BCUT2D eigenvalue weighted by Gasteiger charge is -2.27. The van der Waals surface area contributed by atoms with Gasteiger partial charge in [-0.05, 0) is 42.2 Å². The minimum atomic E-state index is -0.194. The molecule has 110 valence electrons. The van der Waals surface area contributed by atoms with Crippen LogP contribution in [-0.4, -0.2) is 13.2 Å². The normalized spacial score (nSPS) is 19.0. The van der Waals surface area contributed by atoms with E-state index < -0.39 is 0 Å². The Kier molecular flexibility index (Phi) is 4.32. The predicted octanol–water partition coefficient (Wildman–Crippen LogP) is 3.79. The number of hydrogen-bond donors (Lipinski definition) is 1. The monoisotopic (exact) mass is 285 g/mol. The second-order valence-corrected chi connectivity index (χ2v) is 5.49. The molecule has 1 aliphatic heterocycles. The second kappa shape index (κ2) is 6.37. The van der Waals surface area contributed by atoms with Gasteiger partial charge in [0.2, 0.25) is 0 Å². The Morgan fingerprint density at radius 3 is 2.95 bits per heavy atom. The lowest BCUT2D eigenvalue weighted by atomic mass is 9.97. The summed E-state index contributed by atoms with van der Waals surface area (Å²) in [5.74, 6) is -0.194. The summed E-state index contributed by atoms with van der Waals surface area (Å²) in [5.41, 5.74) is 3.59. The van der Waals surface area contributed by atoms with Crippen molar-refractivity contribution in [3.8, 4) is 0 Å². The first-order chi connectivity index (χ1) is 10.2. The molecule has 0 amide bonds. The van der Waals surface area contributed by atoms with Crippen molar-refractivity contribution in [3.05, 3.63) is 71.0 Å². The van der Waals surface area contributed by atoms with Gasteiger partial charge in [0.1, 0.15) is 5.82 Å². The maximum Gasteiger partial charge on any atom is 0.123 e. The molecule has 2 aromatic carbocycles. The third-order valence-electron chi connectivity index (χ3n) is 4.05. The number of halogens is 1. The summed E-state index contributed by atoms with van der Waals surface area (Å²) >= 11 is 0. The van der Waals surface area contributed by atoms with Crippen LogP contribution in [0, 0.1) is 5.82 Å². The van der Waals surface area contributed by atoms with Gasteiger partial charge < -0.3 is 10.1 Å². The van der Waals surface area contributed by atoms with Gasteiger partial charge >= 0.3 is 0 Å². The third-order valence-corrected chi connectivity index (χ3v) is 4.05. The molecule has 0 fully saturated rings. The SMILES string of the molecule is C[C@@H](NCC1OCCc2ccccc21)c1cccc(F)c1.